The van der Waals surface area contributed by atoms with Gasteiger partial charge in [0.25, 0.3) is 0 Å². The maximum atomic E-state index is 5.98. The molecule has 174 valence electrons. The Labute approximate surface area is 196 Å². The van der Waals surface area contributed by atoms with E-state index in [9.17, 15) is 0 Å². The SMILES string of the molecule is Cc1ccc2c(cnn2C2CCCCO2)c1Nc1nn(C)c2cc(Nc3ccn(C)n3)ncc12. The molecule has 1 aromatic carbocycles. The highest BCUT2D eigenvalue weighted by Gasteiger charge is 2.21. The van der Waals surface area contributed by atoms with E-state index in [4.69, 9.17) is 9.84 Å². The zero-order valence-corrected chi connectivity index (χ0v) is 19.5. The van der Waals surface area contributed by atoms with Crippen molar-refractivity contribution >= 4 is 44.9 Å². The van der Waals surface area contributed by atoms with Crippen LogP contribution in [0, 0.1) is 6.92 Å². The maximum Gasteiger partial charge on any atom is 0.161 e. The van der Waals surface area contributed by atoms with Gasteiger partial charge in [-0.25, -0.2) is 9.67 Å². The summed E-state index contributed by atoms with van der Waals surface area (Å²) in [7, 11) is 3.82. The van der Waals surface area contributed by atoms with E-state index in [0.29, 0.717) is 5.82 Å². The lowest BCUT2D eigenvalue weighted by atomic mass is 10.1. The van der Waals surface area contributed by atoms with E-state index in [1.165, 1.54) is 0 Å². The molecule has 2 N–H and O–H groups in total. The molecule has 5 aromatic rings. The van der Waals surface area contributed by atoms with E-state index in [1.807, 2.05) is 54.2 Å². The summed E-state index contributed by atoms with van der Waals surface area (Å²) >= 11 is 0. The van der Waals surface area contributed by atoms with Gasteiger partial charge < -0.3 is 15.4 Å². The van der Waals surface area contributed by atoms with E-state index in [1.54, 1.807) is 4.68 Å². The van der Waals surface area contributed by atoms with Gasteiger partial charge in [-0.2, -0.15) is 15.3 Å². The summed E-state index contributed by atoms with van der Waals surface area (Å²) in [5.74, 6) is 2.22. The minimum atomic E-state index is -0.00767. The van der Waals surface area contributed by atoms with Gasteiger partial charge in [0, 0.05) is 50.6 Å². The molecule has 6 rings (SSSR count). The molecule has 4 aromatic heterocycles. The van der Waals surface area contributed by atoms with Gasteiger partial charge in [0.2, 0.25) is 0 Å². The quantitative estimate of drug-likeness (QED) is 0.399. The number of nitrogens with zero attached hydrogens (tertiary/aromatic N) is 7. The molecule has 10 nitrogen and oxygen atoms in total. The lowest BCUT2D eigenvalue weighted by Gasteiger charge is -2.23. The number of ether oxygens (including phenoxy) is 1. The summed E-state index contributed by atoms with van der Waals surface area (Å²) in [5, 5.41) is 22.6. The van der Waals surface area contributed by atoms with Gasteiger partial charge in [-0.1, -0.05) is 6.07 Å². The highest BCUT2D eigenvalue weighted by molar-refractivity contribution is 5.99. The Morgan fingerprint density at radius 2 is 1.88 bits per heavy atom. The van der Waals surface area contributed by atoms with Gasteiger partial charge >= 0.3 is 0 Å². The fraction of sp³-hybridized carbons (Fsp3) is 0.333. The Hall–Kier alpha value is -3.92. The third-order valence-electron chi connectivity index (χ3n) is 6.37. The second-order valence-corrected chi connectivity index (χ2v) is 8.78. The molecule has 0 radical (unpaired) electrons. The molecule has 1 fully saturated rings. The van der Waals surface area contributed by atoms with Crippen molar-refractivity contribution in [2.75, 3.05) is 17.2 Å². The number of hydrogen-bond donors (Lipinski definition) is 2. The van der Waals surface area contributed by atoms with Gasteiger partial charge in [-0.15, -0.1) is 0 Å². The van der Waals surface area contributed by atoms with E-state index in [-0.39, 0.29) is 6.23 Å². The Balaban J connectivity index is 1.35. The van der Waals surface area contributed by atoms with Crippen LogP contribution in [0.3, 0.4) is 0 Å². The fourth-order valence-electron chi connectivity index (χ4n) is 4.59. The van der Waals surface area contributed by atoms with Crippen LogP contribution in [0.2, 0.25) is 0 Å². The van der Waals surface area contributed by atoms with Gasteiger partial charge in [-0.3, -0.25) is 9.36 Å². The second-order valence-electron chi connectivity index (χ2n) is 8.78. The summed E-state index contributed by atoms with van der Waals surface area (Å²) in [5.41, 5.74) is 4.14. The summed E-state index contributed by atoms with van der Waals surface area (Å²) in [4.78, 5) is 4.59. The first-order valence-electron chi connectivity index (χ1n) is 11.5. The molecule has 0 spiro atoms. The molecular weight excluding hydrogens is 430 g/mol. The predicted octanol–water partition coefficient (Wildman–Crippen LogP) is 4.55. The normalized spacial score (nSPS) is 16.4. The molecule has 10 heteroatoms. The Kier molecular flexibility index (Phi) is 4.95. The van der Waals surface area contributed by atoms with Gasteiger partial charge in [0.15, 0.2) is 17.9 Å². The summed E-state index contributed by atoms with van der Waals surface area (Å²) in [6, 6.07) is 8.12. The number of hydrogen-bond acceptors (Lipinski definition) is 7. The van der Waals surface area contributed by atoms with Crippen molar-refractivity contribution in [1.29, 1.82) is 0 Å². The van der Waals surface area contributed by atoms with Crippen molar-refractivity contribution in [1.82, 2.24) is 34.3 Å². The molecule has 1 aliphatic rings. The van der Waals surface area contributed by atoms with Crippen LogP contribution in [-0.2, 0) is 18.8 Å². The molecular formula is C24H27N9O. The predicted molar refractivity (Wildman–Crippen MR) is 132 cm³/mol. The first kappa shape index (κ1) is 20.7. The minimum absolute atomic E-state index is 0.00767. The van der Waals surface area contributed by atoms with Crippen LogP contribution in [0.15, 0.2) is 42.9 Å². The first-order chi connectivity index (χ1) is 16.6. The van der Waals surface area contributed by atoms with Crippen molar-refractivity contribution < 1.29 is 4.74 Å². The van der Waals surface area contributed by atoms with E-state index < -0.39 is 0 Å². The number of fused-ring (bicyclic) bond motifs is 2. The number of rotatable bonds is 5. The molecule has 1 aliphatic heterocycles. The van der Waals surface area contributed by atoms with Gasteiger partial charge in [0.05, 0.1) is 28.3 Å². The standard InChI is InChI=1S/C24H27N9O/c1-15-7-8-18-16(14-26-33(18)22-6-4-5-11-34-22)23(15)28-24-17-13-25-21(12-19(17)32(3)30-24)27-20-9-10-31(2)29-20/h7-10,12-14,22H,4-6,11H2,1-3H3,(H,28,30)(H,25,27,29). The number of benzene rings is 1. The molecule has 0 aliphatic carbocycles. The molecule has 34 heavy (non-hydrogen) atoms. The minimum Gasteiger partial charge on any atom is -0.356 e. The Morgan fingerprint density at radius 3 is 2.68 bits per heavy atom. The molecule has 0 saturated carbocycles. The first-order valence-corrected chi connectivity index (χ1v) is 11.5. The molecule has 5 heterocycles. The highest BCUT2D eigenvalue weighted by Crippen LogP contribution is 2.35. The van der Waals surface area contributed by atoms with E-state index in [2.05, 4.69) is 44.9 Å². The molecule has 1 atom stereocenters. The van der Waals surface area contributed by atoms with Gasteiger partial charge in [-0.05, 0) is 37.8 Å². The third kappa shape index (κ3) is 3.56. The monoisotopic (exact) mass is 457 g/mol. The largest absolute Gasteiger partial charge is 0.356 e. The molecule has 1 unspecified atom stereocenters. The number of aryl methyl sites for hydroxylation is 3. The number of pyridine rings is 1. The fourth-order valence-corrected chi connectivity index (χ4v) is 4.59. The van der Waals surface area contributed by atoms with Crippen molar-refractivity contribution in [2.45, 2.75) is 32.4 Å². The smallest absolute Gasteiger partial charge is 0.161 e. The molecule has 0 amide bonds. The zero-order valence-electron chi connectivity index (χ0n) is 19.5. The number of nitrogens with one attached hydrogen (secondary N) is 2. The van der Waals surface area contributed by atoms with Crippen LogP contribution >= 0.6 is 0 Å². The average Bonchev–Trinajstić information content (AvgIpc) is 3.54. The van der Waals surface area contributed by atoms with Crippen LogP contribution in [0.1, 0.15) is 31.1 Å². The van der Waals surface area contributed by atoms with E-state index in [0.717, 1.165) is 70.6 Å². The Morgan fingerprint density at radius 1 is 0.971 bits per heavy atom. The average molecular weight is 458 g/mol. The summed E-state index contributed by atoms with van der Waals surface area (Å²) in [6.07, 6.45) is 8.89. The molecule has 0 bridgehead atoms. The van der Waals surface area contributed by atoms with Crippen molar-refractivity contribution in [2.24, 2.45) is 14.1 Å². The van der Waals surface area contributed by atoms with E-state index >= 15 is 0 Å². The topological polar surface area (TPSA) is 99.6 Å². The summed E-state index contributed by atoms with van der Waals surface area (Å²) < 4.78 is 11.6. The van der Waals surface area contributed by atoms with Crippen LogP contribution in [0.25, 0.3) is 21.8 Å². The van der Waals surface area contributed by atoms with Crippen LogP contribution in [0.5, 0.6) is 0 Å². The maximum absolute atomic E-state index is 5.98. The summed E-state index contributed by atoms with van der Waals surface area (Å²) in [6.45, 7) is 2.88. The van der Waals surface area contributed by atoms with Crippen LogP contribution in [-0.4, -0.2) is 40.9 Å². The van der Waals surface area contributed by atoms with Gasteiger partial charge in [0.1, 0.15) is 5.82 Å². The number of anilines is 4. The van der Waals surface area contributed by atoms with Crippen molar-refractivity contribution in [3.63, 3.8) is 0 Å². The highest BCUT2D eigenvalue weighted by atomic mass is 16.5. The second kappa shape index (κ2) is 8.14. The molecule has 1 saturated heterocycles. The number of aromatic nitrogens is 7. The lowest BCUT2D eigenvalue weighted by molar-refractivity contribution is -0.0366. The van der Waals surface area contributed by atoms with Crippen LogP contribution < -0.4 is 10.6 Å². The van der Waals surface area contributed by atoms with Crippen LogP contribution in [0.4, 0.5) is 23.1 Å². The third-order valence-corrected chi connectivity index (χ3v) is 6.37. The lowest BCUT2D eigenvalue weighted by Crippen LogP contribution is -2.18. The van der Waals surface area contributed by atoms with Crippen molar-refractivity contribution in [3.8, 4) is 0 Å². The Bertz CT molecular complexity index is 1490. The van der Waals surface area contributed by atoms with Crippen molar-refractivity contribution in [3.05, 3.63) is 48.4 Å². The zero-order chi connectivity index (χ0) is 23.2.